The molecule has 0 aliphatic heterocycles. The van der Waals surface area contributed by atoms with Gasteiger partial charge >= 0.3 is 0 Å². The highest BCUT2D eigenvalue weighted by molar-refractivity contribution is 6.13. The molecule has 0 amide bonds. The van der Waals surface area contributed by atoms with Crippen molar-refractivity contribution < 1.29 is 9.59 Å². The van der Waals surface area contributed by atoms with E-state index in [1.807, 2.05) is 26.8 Å². The Morgan fingerprint density at radius 2 is 2.00 bits per heavy atom. The number of rotatable bonds is 2. The monoisotopic (exact) mass is 232 g/mol. The number of ketones is 2. The van der Waals surface area contributed by atoms with E-state index in [0.29, 0.717) is 0 Å². The molecule has 92 valence electrons. The standard InChI is InChI=1S/C15H20O2/c1-9(2)11-8-15(10(3)16)12(11)6-7-14(4,5)13(15)17/h8,12H,1,6-7H2,2-5H3. The van der Waals surface area contributed by atoms with Gasteiger partial charge in [0.15, 0.2) is 5.78 Å². The van der Waals surface area contributed by atoms with E-state index in [9.17, 15) is 9.59 Å². The predicted octanol–water partition coefficient (Wildman–Crippen LogP) is 3.08. The first-order valence-electron chi connectivity index (χ1n) is 6.18. The van der Waals surface area contributed by atoms with Gasteiger partial charge in [0.05, 0.1) is 0 Å². The normalized spacial score (nSPS) is 34.5. The Morgan fingerprint density at radius 1 is 1.41 bits per heavy atom. The van der Waals surface area contributed by atoms with E-state index < -0.39 is 5.41 Å². The molecule has 2 nitrogen and oxygen atoms in total. The van der Waals surface area contributed by atoms with Crippen LogP contribution in [0.2, 0.25) is 0 Å². The van der Waals surface area contributed by atoms with Gasteiger partial charge in [-0.1, -0.05) is 32.1 Å². The summed E-state index contributed by atoms with van der Waals surface area (Å²) in [6.45, 7) is 11.3. The molecule has 2 atom stereocenters. The van der Waals surface area contributed by atoms with Crippen LogP contribution < -0.4 is 0 Å². The molecule has 0 saturated heterocycles. The van der Waals surface area contributed by atoms with Crippen LogP contribution in [0.1, 0.15) is 40.5 Å². The SMILES string of the molecule is C=C(C)C1=CC2(C(C)=O)C(=O)C(C)(C)CCC12. The summed E-state index contributed by atoms with van der Waals surface area (Å²) in [6, 6.07) is 0. The Kier molecular flexibility index (Phi) is 2.46. The molecule has 2 aliphatic carbocycles. The Morgan fingerprint density at radius 3 is 2.47 bits per heavy atom. The maximum atomic E-state index is 12.5. The van der Waals surface area contributed by atoms with Crippen LogP contribution in [0.15, 0.2) is 23.8 Å². The highest BCUT2D eigenvalue weighted by atomic mass is 16.2. The van der Waals surface area contributed by atoms with E-state index in [-0.39, 0.29) is 22.9 Å². The Labute approximate surface area is 103 Å². The van der Waals surface area contributed by atoms with Crippen LogP contribution in [0.25, 0.3) is 0 Å². The van der Waals surface area contributed by atoms with Crippen molar-refractivity contribution >= 4 is 11.6 Å². The van der Waals surface area contributed by atoms with Gasteiger partial charge in [0.1, 0.15) is 11.2 Å². The third kappa shape index (κ3) is 1.39. The van der Waals surface area contributed by atoms with E-state index in [2.05, 4.69) is 6.58 Å². The third-order valence-electron chi connectivity index (χ3n) is 4.43. The van der Waals surface area contributed by atoms with Crippen molar-refractivity contribution in [2.75, 3.05) is 0 Å². The number of fused-ring (bicyclic) bond motifs is 1. The Bertz CT molecular complexity index is 454. The molecule has 2 heteroatoms. The minimum atomic E-state index is -0.837. The summed E-state index contributed by atoms with van der Waals surface area (Å²) in [6.07, 6.45) is 3.64. The van der Waals surface area contributed by atoms with E-state index in [0.717, 1.165) is 24.0 Å². The molecule has 2 rings (SSSR count). The molecule has 0 aromatic carbocycles. The van der Waals surface area contributed by atoms with Crippen molar-refractivity contribution in [2.45, 2.75) is 40.5 Å². The molecule has 0 N–H and O–H groups in total. The van der Waals surface area contributed by atoms with Gasteiger partial charge in [-0.2, -0.15) is 0 Å². The zero-order valence-corrected chi connectivity index (χ0v) is 11.1. The maximum Gasteiger partial charge on any atom is 0.156 e. The lowest BCUT2D eigenvalue weighted by Gasteiger charge is -2.52. The first-order valence-corrected chi connectivity index (χ1v) is 6.18. The van der Waals surface area contributed by atoms with Gasteiger partial charge in [-0.25, -0.2) is 0 Å². The van der Waals surface area contributed by atoms with Gasteiger partial charge in [0.25, 0.3) is 0 Å². The summed E-state index contributed by atoms with van der Waals surface area (Å²) in [5, 5.41) is 0. The summed E-state index contributed by atoms with van der Waals surface area (Å²) in [5.74, 6) is 0.169. The molecule has 2 aliphatic rings. The van der Waals surface area contributed by atoms with Gasteiger partial charge in [-0.3, -0.25) is 9.59 Å². The molecule has 1 saturated carbocycles. The predicted molar refractivity (Wildman–Crippen MR) is 67.5 cm³/mol. The highest BCUT2D eigenvalue weighted by Gasteiger charge is 2.61. The number of Topliss-reactive ketones (excluding diaryl/α,β-unsaturated/α-hetero) is 2. The van der Waals surface area contributed by atoms with Crippen LogP contribution in [0.4, 0.5) is 0 Å². The smallest absolute Gasteiger partial charge is 0.156 e. The molecule has 1 fully saturated rings. The third-order valence-corrected chi connectivity index (χ3v) is 4.43. The lowest BCUT2D eigenvalue weighted by molar-refractivity contribution is -0.151. The molecule has 2 unspecified atom stereocenters. The quantitative estimate of drug-likeness (QED) is 0.686. The zero-order chi connectivity index (χ0) is 13.0. The van der Waals surface area contributed by atoms with Crippen molar-refractivity contribution in [1.29, 1.82) is 0 Å². The Balaban J connectivity index is 2.52. The molecule has 0 heterocycles. The molecule has 0 aromatic heterocycles. The van der Waals surface area contributed by atoms with Crippen molar-refractivity contribution in [2.24, 2.45) is 16.7 Å². The fourth-order valence-corrected chi connectivity index (χ4v) is 3.31. The second-order valence-electron chi connectivity index (χ2n) is 6.11. The van der Waals surface area contributed by atoms with Crippen molar-refractivity contribution in [3.05, 3.63) is 23.8 Å². The van der Waals surface area contributed by atoms with Crippen molar-refractivity contribution in [3.63, 3.8) is 0 Å². The Hall–Kier alpha value is -1.18. The van der Waals surface area contributed by atoms with Gasteiger partial charge in [0, 0.05) is 11.3 Å². The molecule has 17 heavy (non-hydrogen) atoms. The van der Waals surface area contributed by atoms with E-state index >= 15 is 0 Å². The minimum absolute atomic E-state index is 0.00900. The van der Waals surface area contributed by atoms with Gasteiger partial charge in [0.2, 0.25) is 0 Å². The average Bonchev–Trinajstić information content (AvgIpc) is 2.13. The van der Waals surface area contributed by atoms with Crippen molar-refractivity contribution in [3.8, 4) is 0 Å². The van der Waals surface area contributed by atoms with E-state index in [1.165, 1.54) is 6.92 Å². The minimum Gasteiger partial charge on any atom is -0.299 e. The lowest BCUT2D eigenvalue weighted by Crippen LogP contribution is -2.58. The maximum absolute atomic E-state index is 12.5. The second-order valence-corrected chi connectivity index (χ2v) is 6.11. The van der Waals surface area contributed by atoms with Crippen molar-refractivity contribution in [1.82, 2.24) is 0 Å². The average molecular weight is 232 g/mol. The highest BCUT2D eigenvalue weighted by Crippen LogP contribution is 2.58. The van der Waals surface area contributed by atoms with Gasteiger partial charge < -0.3 is 0 Å². The number of carbonyl (C=O) groups excluding carboxylic acids is 2. The van der Waals surface area contributed by atoms with Crippen LogP contribution in [0.3, 0.4) is 0 Å². The number of allylic oxidation sites excluding steroid dienone is 3. The van der Waals surface area contributed by atoms with E-state index in [1.54, 1.807) is 0 Å². The van der Waals surface area contributed by atoms with Crippen LogP contribution in [-0.2, 0) is 9.59 Å². The van der Waals surface area contributed by atoms with Crippen LogP contribution in [0, 0.1) is 16.7 Å². The summed E-state index contributed by atoms with van der Waals surface area (Å²) < 4.78 is 0. The summed E-state index contributed by atoms with van der Waals surface area (Å²) in [7, 11) is 0. The topological polar surface area (TPSA) is 34.1 Å². The van der Waals surface area contributed by atoms with Gasteiger partial charge in [-0.15, -0.1) is 0 Å². The fraction of sp³-hybridized carbons (Fsp3) is 0.600. The molecule has 0 radical (unpaired) electrons. The molecule has 0 bridgehead atoms. The van der Waals surface area contributed by atoms with Crippen LogP contribution >= 0.6 is 0 Å². The molecule has 0 spiro atoms. The molecular formula is C15H20O2. The summed E-state index contributed by atoms with van der Waals surface area (Å²) in [5.41, 5.74) is 0.887. The fourth-order valence-electron chi connectivity index (χ4n) is 3.31. The largest absolute Gasteiger partial charge is 0.299 e. The zero-order valence-electron chi connectivity index (χ0n) is 11.1. The summed E-state index contributed by atoms with van der Waals surface area (Å²) >= 11 is 0. The van der Waals surface area contributed by atoms with Crippen LogP contribution in [0.5, 0.6) is 0 Å². The first-order chi connectivity index (χ1) is 7.73. The van der Waals surface area contributed by atoms with E-state index in [4.69, 9.17) is 0 Å². The molecule has 0 aromatic rings. The molecular weight excluding hydrogens is 212 g/mol. The van der Waals surface area contributed by atoms with Gasteiger partial charge in [-0.05, 0) is 32.3 Å². The summed E-state index contributed by atoms with van der Waals surface area (Å²) in [4.78, 5) is 24.5. The number of hydrogen-bond acceptors (Lipinski definition) is 2. The lowest BCUT2D eigenvalue weighted by atomic mass is 9.47. The number of hydrogen-bond donors (Lipinski definition) is 0. The number of carbonyl (C=O) groups is 2. The first kappa shape index (κ1) is 12.3. The second kappa shape index (κ2) is 3.41. The van der Waals surface area contributed by atoms with Crippen LogP contribution in [-0.4, -0.2) is 11.6 Å².